The number of nitrogens with zero attached hydrogens (tertiary/aromatic N) is 5. The van der Waals surface area contributed by atoms with Crippen LogP contribution in [0.1, 0.15) is 0 Å². The van der Waals surface area contributed by atoms with Crippen molar-refractivity contribution in [3.63, 3.8) is 0 Å². The molecular formula is C51H31N5O. The molecule has 0 spiro atoms. The average molecular weight is 730 g/mol. The third-order valence-electron chi connectivity index (χ3n) is 11.2. The molecule has 0 aliphatic carbocycles. The van der Waals surface area contributed by atoms with Crippen LogP contribution in [0.5, 0.6) is 0 Å². The number of aromatic nitrogens is 5. The SMILES string of the molecule is c1ccc(-c2nc(-c3ccccc3)nc(-c3c(-n4c5ccccc5c5cc6c7ccccc7n(-c7ccccc7)c6cc54)ccc4oc5ccccc5c34)n2)cc1. The monoisotopic (exact) mass is 729 g/mol. The predicted molar refractivity (Wildman–Crippen MR) is 232 cm³/mol. The van der Waals surface area contributed by atoms with Crippen molar-refractivity contribution >= 4 is 65.6 Å². The zero-order chi connectivity index (χ0) is 37.5. The van der Waals surface area contributed by atoms with Crippen molar-refractivity contribution < 1.29 is 4.42 Å². The number of rotatable bonds is 5. The Kier molecular flexibility index (Phi) is 6.83. The van der Waals surface area contributed by atoms with Crippen molar-refractivity contribution in [2.45, 2.75) is 0 Å². The Morgan fingerprint density at radius 2 is 0.860 bits per heavy atom. The Morgan fingerprint density at radius 1 is 0.351 bits per heavy atom. The molecule has 12 rings (SSSR count). The fourth-order valence-corrected chi connectivity index (χ4v) is 8.68. The van der Waals surface area contributed by atoms with E-state index in [1.54, 1.807) is 0 Å². The van der Waals surface area contributed by atoms with Crippen LogP contribution in [0.2, 0.25) is 0 Å². The molecule has 266 valence electrons. The maximum absolute atomic E-state index is 6.56. The van der Waals surface area contributed by atoms with Gasteiger partial charge in [-0.3, -0.25) is 0 Å². The summed E-state index contributed by atoms with van der Waals surface area (Å²) in [7, 11) is 0. The van der Waals surface area contributed by atoms with Gasteiger partial charge in [0.25, 0.3) is 0 Å². The molecule has 6 nitrogen and oxygen atoms in total. The smallest absolute Gasteiger partial charge is 0.166 e. The largest absolute Gasteiger partial charge is 0.456 e. The van der Waals surface area contributed by atoms with Crippen LogP contribution in [0.3, 0.4) is 0 Å². The minimum atomic E-state index is 0.570. The quantitative estimate of drug-likeness (QED) is 0.177. The summed E-state index contributed by atoms with van der Waals surface area (Å²) in [5, 5.41) is 6.72. The first-order valence-electron chi connectivity index (χ1n) is 19.1. The number of fused-ring (bicyclic) bond motifs is 9. The first-order valence-corrected chi connectivity index (χ1v) is 19.1. The van der Waals surface area contributed by atoms with E-state index in [1.807, 2.05) is 72.8 Å². The third kappa shape index (κ3) is 4.81. The average Bonchev–Trinajstić information content (AvgIpc) is 3.93. The highest BCUT2D eigenvalue weighted by Crippen LogP contribution is 2.45. The highest BCUT2D eigenvalue weighted by Gasteiger charge is 2.25. The number of benzene rings is 8. The molecule has 0 saturated carbocycles. The van der Waals surface area contributed by atoms with E-state index in [4.69, 9.17) is 19.4 Å². The van der Waals surface area contributed by atoms with E-state index in [2.05, 4.69) is 124 Å². The molecule has 4 aromatic heterocycles. The molecule has 0 aliphatic heterocycles. The van der Waals surface area contributed by atoms with Gasteiger partial charge in [0.15, 0.2) is 17.5 Å². The molecule has 0 atom stereocenters. The normalized spacial score (nSPS) is 11.9. The molecule has 0 bridgehead atoms. The molecule has 0 radical (unpaired) electrons. The second-order valence-corrected chi connectivity index (χ2v) is 14.4. The van der Waals surface area contributed by atoms with Gasteiger partial charge in [0, 0.05) is 49.1 Å². The van der Waals surface area contributed by atoms with E-state index >= 15 is 0 Å². The minimum absolute atomic E-state index is 0.570. The molecule has 12 aromatic rings. The number of hydrogen-bond donors (Lipinski definition) is 0. The third-order valence-corrected chi connectivity index (χ3v) is 11.2. The Bertz CT molecular complexity index is 3450. The second-order valence-electron chi connectivity index (χ2n) is 14.4. The van der Waals surface area contributed by atoms with Crippen LogP contribution < -0.4 is 0 Å². The zero-order valence-electron chi connectivity index (χ0n) is 30.5. The van der Waals surface area contributed by atoms with Crippen molar-refractivity contribution in [3.05, 3.63) is 188 Å². The van der Waals surface area contributed by atoms with E-state index in [9.17, 15) is 0 Å². The zero-order valence-corrected chi connectivity index (χ0v) is 30.5. The molecule has 8 aromatic carbocycles. The highest BCUT2D eigenvalue weighted by molar-refractivity contribution is 6.20. The van der Waals surface area contributed by atoms with E-state index in [0.717, 1.165) is 66.6 Å². The lowest BCUT2D eigenvalue weighted by molar-refractivity contribution is 0.669. The van der Waals surface area contributed by atoms with Crippen LogP contribution in [-0.4, -0.2) is 24.1 Å². The molecule has 0 saturated heterocycles. The van der Waals surface area contributed by atoms with Crippen LogP contribution in [0.25, 0.3) is 111 Å². The fraction of sp³-hybridized carbons (Fsp3) is 0. The predicted octanol–water partition coefficient (Wildman–Crippen LogP) is 13.0. The fourth-order valence-electron chi connectivity index (χ4n) is 8.68. The van der Waals surface area contributed by atoms with Crippen molar-refractivity contribution in [2.24, 2.45) is 0 Å². The van der Waals surface area contributed by atoms with Gasteiger partial charge in [0.05, 0.1) is 33.3 Å². The maximum Gasteiger partial charge on any atom is 0.166 e. The van der Waals surface area contributed by atoms with Gasteiger partial charge in [-0.25, -0.2) is 15.0 Å². The number of furan rings is 1. The van der Waals surface area contributed by atoms with Crippen molar-refractivity contribution in [1.82, 2.24) is 24.1 Å². The van der Waals surface area contributed by atoms with Crippen molar-refractivity contribution in [1.29, 1.82) is 0 Å². The summed E-state index contributed by atoms with van der Waals surface area (Å²) >= 11 is 0. The molecule has 6 heteroatoms. The van der Waals surface area contributed by atoms with Crippen LogP contribution in [-0.2, 0) is 0 Å². The molecule has 57 heavy (non-hydrogen) atoms. The Balaban J connectivity index is 1.24. The lowest BCUT2D eigenvalue weighted by atomic mass is 10.0. The van der Waals surface area contributed by atoms with Crippen molar-refractivity contribution in [3.8, 4) is 45.5 Å². The van der Waals surface area contributed by atoms with E-state index in [-0.39, 0.29) is 0 Å². The van der Waals surface area contributed by atoms with E-state index < -0.39 is 0 Å². The van der Waals surface area contributed by atoms with E-state index in [0.29, 0.717) is 17.5 Å². The van der Waals surface area contributed by atoms with Crippen molar-refractivity contribution in [2.75, 3.05) is 0 Å². The van der Waals surface area contributed by atoms with Gasteiger partial charge in [-0.1, -0.05) is 133 Å². The summed E-state index contributed by atoms with van der Waals surface area (Å²) in [6.07, 6.45) is 0. The van der Waals surface area contributed by atoms with Gasteiger partial charge in [0.1, 0.15) is 11.2 Å². The van der Waals surface area contributed by atoms with Gasteiger partial charge in [-0.2, -0.15) is 0 Å². The lowest BCUT2D eigenvalue weighted by Gasteiger charge is -2.16. The van der Waals surface area contributed by atoms with Gasteiger partial charge < -0.3 is 13.6 Å². The number of hydrogen-bond acceptors (Lipinski definition) is 4. The lowest BCUT2D eigenvalue weighted by Crippen LogP contribution is -2.04. The van der Waals surface area contributed by atoms with Crippen LogP contribution in [0.4, 0.5) is 0 Å². The van der Waals surface area contributed by atoms with Gasteiger partial charge in [-0.05, 0) is 54.6 Å². The number of para-hydroxylation sites is 4. The first-order chi connectivity index (χ1) is 28.3. The van der Waals surface area contributed by atoms with Gasteiger partial charge >= 0.3 is 0 Å². The van der Waals surface area contributed by atoms with Gasteiger partial charge in [-0.15, -0.1) is 0 Å². The topological polar surface area (TPSA) is 61.7 Å². The Morgan fingerprint density at radius 3 is 1.51 bits per heavy atom. The molecule has 0 amide bonds. The summed E-state index contributed by atoms with van der Waals surface area (Å²) in [6, 6.07) is 65.5. The van der Waals surface area contributed by atoms with Crippen LogP contribution in [0, 0.1) is 0 Å². The summed E-state index contributed by atoms with van der Waals surface area (Å²) < 4.78 is 11.3. The first kappa shape index (κ1) is 31.5. The van der Waals surface area contributed by atoms with Crippen LogP contribution >= 0.6 is 0 Å². The molecule has 0 aliphatic rings. The molecular weight excluding hydrogens is 699 g/mol. The Labute approximate surface area is 326 Å². The standard InChI is InChI=1S/C51H31N5O/c1-4-16-32(17-5-1)49-52-50(33-18-6-2-7-19-33)54-51(53-49)48-42(28-29-46-47(48)37-24-12-15-27-45(37)57-46)56-41-26-14-11-23-36(41)39-30-38-35-22-10-13-25-40(35)55(43(38)31-44(39)56)34-20-8-3-9-21-34/h1-31H. The van der Waals surface area contributed by atoms with Gasteiger partial charge in [0.2, 0.25) is 0 Å². The molecule has 0 N–H and O–H groups in total. The summed E-state index contributed by atoms with van der Waals surface area (Å²) in [4.78, 5) is 15.7. The highest BCUT2D eigenvalue weighted by atomic mass is 16.3. The molecule has 0 unspecified atom stereocenters. The summed E-state index contributed by atoms with van der Waals surface area (Å²) in [6.45, 7) is 0. The summed E-state index contributed by atoms with van der Waals surface area (Å²) in [5.41, 5.74) is 10.8. The maximum atomic E-state index is 6.56. The summed E-state index contributed by atoms with van der Waals surface area (Å²) in [5.74, 6) is 1.78. The van der Waals surface area contributed by atoms with Crippen LogP contribution in [0.15, 0.2) is 192 Å². The Hall–Kier alpha value is -7.83. The molecule has 0 fully saturated rings. The van der Waals surface area contributed by atoms with E-state index in [1.165, 1.54) is 27.1 Å². The minimum Gasteiger partial charge on any atom is -0.456 e. The second kappa shape index (κ2) is 12.3. The molecule has 4 heterocycles.